The monoisotopic (exact) mass is 282 g/mol. The van der Waals surface area contributed by atoms with Crippen LogP contribution in [0.5, 0.6) is 0 Å². The molecule has 2 aromatic rings. The van der Waals surface area contributed by atoms with Gasteiger partial charge in [-0.05, 0) is 61.2 Å². The third-order valence-electron chi connectivity index (χ3n) is 3.26. The van der Waals surface area contributed by atoms with Gasteiger partial charge < -0.3 is 10.2 Å². The molecule has 2 rings (SSSR count). The van der Waals surface area contributed by atoms with Crippen molar-refractivity contribution in [1.82, 2.24) is 0 Å². The predicted molar refractivity (Wildman–Crippen MR) is 83.8 cm³/mol. The molecule has 0 amide bonds. The summed E-state index contributed by atoms with van der Waals surface area (Å²) < 4.78 is 0. The standard InChI is InChI=1S/C18H18O3/c1-11-4-14(9-16(6-11)13(3)19)8-15-5-12(2)7-17(10-15)18(20)21/h4-7,9-10,19H,3,8H2,1-2H3,(H,20,21). The van der Waals surface area contributed by atoms with E-state index in [0.717, 1.165) is 22.3 Å². The molecule has 0 aliphatic rings. The summed E-state index contributed by atoms with van der Waals surface area (Å²) in [6.07, 6.45) is 0.615. The fourth-order valence-electron chi connectivity index (χ4n) is 2.45. The Hall–Kier alpha value is -2.55. The van der Waals surface area contributed by atoms with Gasteiger partial charge in [0.1, 0.15) is 5.76 Å². The van der Waals surface area contributed by atoms with Gasteiger partial charge in [-0.1, -0.05) is 24.3 Å². The molecule has 0 saturated heterocycles. The van der Waals surface area contributed by atoms with Gasteiger partial charge in [0.25, 0.3) is 0 Å². The lowest BCUT2D eigenvalue weighted by Gasteiger charge is -2.09. The number of carboxylic acid groups (broad SMARTS) is 1. The molecule has 0 bridgehead atoms. The summed E-state index contributed by atoms with van der Waals surface area (Å²) >= 11 is 0. The van der Waals surface area contributed by atoms with Crippen molar-refractivity contribution < 1.29 is 15.0 Å². The SMILES string of the molecule is C=C(O)c1cc(C)cc(Cc2cc(C)cc(C(=O)O)c2)c1. The highest BCUT2D eigenvalue weighted by molar-refractivity contribution is 5.88. The van der Waals surface area contributed by atoms with Crippen molar-refractivity contribution in [2.24, 2.45) is 0 Å². The zero-order valence-corrected chi connectivity index (χ0v) is 12.2. The molecule has 0 aliphatic heterocycles. The second-order valence-corrected chi connectivity index (χ2v) is 5.34. The summed E-state index contributed by atoms with van der Waals surface area (Å²) in [4.78, 5) is 11.1. The zero-order valence-electron chi connectivity index (χ0n) is 12.2. The topological polar surface area (TPSA) is 57.5 Å². The van der Waals surface area contributed by atoms with Crippen molar-refractivity contribution >= 4 is 11.7 Å². The third-order valence-corrected chi connectivity index (χ3v) is 3.26. The molecule has 0 fully saturated rings. The summed E-state index contributed by atoms with van der Waals surface area (Å²) in [7, 11) is 0. The molecule has 2 aromatic carbocycles. The van der Waals surface area contributed by atoms with Crippen molar-refractivity contribution in [2.45, 2.75) is 20.3 Å². The summed E-state index contributed by atoms with van der Waals surface area (Å²) in [5.41, 5.74) is 4.89. The highest BCUT2D eigenvalue weighted by atomic mass is 16.4. The molecule has 0 heterocycles. The molecule has 2 N–H and O–H groups in total. The van der Waals surface area contributed by atoms with Crippen molar-refractivity contribution in [3.8, 4) is 0 Å². The minimum absolute atomic E-state index is 0.0374. The van der Waals surface area contributed by atoms with Gasteiger partial charge >= 0.3 is 5.97 Å². The van der Waals surface area contributed by atoms with Crippen LogP contribution in [0.25, 0.3) is 5.76 Å². The maximum atomic E-state index is 11.1. The van der Waals surface area contributed by atoms with Crippen LogP contribution in [0.1, 0.15) is 38.2 Å². The van der Waals surface area contributed by atoms with E-state index in [9.17, 15) is 9.90 Å². The lowest BCUT2D eigenvalue weighted by Crippen LogP contribution is -2.00. The van der Waals surface area contributed by atoms with E-state index in [1.807, 2.05) is 38.1 Å². The zero-order chi connectivity index (χ0) is 15.6. The highest BCUT2D eigenvalue weighted by Gasteiger charge is 2.07. The minimum Gasteiger partial charge on any atom is -0.508 e. The molecule has 0 atom stereocenters. The first-order chi connectivity index (χ1) is 9.85. The number of aromatic carboxylic acids is 1. The van der Waals surface area contributed by atoms with Gasteiger partial charge in [-0.2, -0.15) is 0 Å². The molecule has 0 aliphatic carbocycles. The Labute approximate surface area is 124 Å². The Morgan fingerprint density at radius 1 is 0.905 bits per heavy atom. The van der Waals surface area contributed by atoms with Gasteiger partial charge in [0.05, 0.1) is 5.56 Å². The first-order valence-electron chi connectivity index (χ1n) is 6.68. The maximum Gasteiger partial charge on any atom is 0.335 e. The molecule has 0 radical (unpaired) electrons. The fourth-order valence-corrected chi connectivity index (χ4v) is 2.45. The quantitative estimate of drug-likeness (QED) is 0.829. The number of carboxylic acids is 1. The van der Waals surface area contributed by atoms with E-state index in [2.05, 4.69) is 6.58 Å². The highest BCUT2D eigenvalue weighted by Crippen LogP contribution is 2.19. The fraction of sp³-hybridized carbons (Fsp3) is 0.167. The first kappa shape index (κ1) is 14.9. The van der Waals surface area contributed by atoms with Crippen molar-refractivity contribution in [2.75, 3.05) is 0 Å². The second kappa shape index (κ2) is 5.83. The number of hydrogen-bond donors (Lipinski definition) is 2. The number of carbonyl (C=O) groups is 1. The molecule has 0 spiro atoms. The second-order valence-electron chi connectivity index (χ2n) is 5.34. The molecule has 21 heavy (non-hydrogen) atoms. The van der Waals surface area contributed by atoms with Gasteiger partial charge in [0, 0.05) is 5.56 Å². The summed E-state index contributed by atoms with van der Waals surface area (Å²) in [5, 5.41) is 18.6. The van der Waals surface area contributed by atoms with Crippen LogP contribution in [0.4, 0.5) is 0 Å². The molecule has 108 valence electrons. The smallest absolute Gasteiger partial charge is 0.335 e. The van der Waals surface area contributed by atoms with Gasteiger partial charge in [-0.25, -0.2) is 4.79 Å². The van der Waals surface area contributed by atoms with E-state index >= 15 is 0 Å². The third kappa shape index (κ3) is 3.72. The Morgan fingerprint density at radius 3 is 1.86 bits per heavy atom. The van der Waals surface area contributed by atoms with E-state index in [-0.39, 0.29) is 5.76 Å². The van der Waals surface area contributed by atoms with Crippen molar-refractivity contribution in [3.63, 3.8) is 0 Å². The van der Waals surface area contributed by atoms with Gasteiger partial charge in [0.15, 0.2) is 0 Å². The van der Waals surface area contributed by atoms with Crippen molar-refractivity contribution in [3.05, 3.63) is 76.4 Å². The number of aliphatic hydroxyl groups is 1. The van der Waals surface area contributed by atoms with Crippen LogP contribution in [0.15, 0.2) is 43.0 Å². The van der Waals surface area contributed by atoms with Crippen LogP contribution in [-0.2, 0) is 6.42 Å². The number of aliphatic hydroxyl groups excluding tert-OH is 1. The summed E-state index contributed by atoms with van der Waals surface area (Å²) in [6.45, 7) is 7.38. The average Bonchev–Trinajstić information content (AvgIpc) is 2.37. The molecule has 3 nitrogen and oxygen atoms in total. The number of benzene rings is 2. The Morgan fingerprint density at radius 2 is 1.38 bits per heavy atom. The number of rotatable bonds is 4. The van der Waals surface area contributed by atoms with Gasteiger partial charge in [-0.15, -0.1) is 0 Å². The largest absolute Gasteiger partial charge is 0.508 e. The summed E-state index contributed by atoms with van der Waals surface area (Å²) in [6, 6.07) is 11.1. The van der Waals surface area contributed by atoms with E-state index in [4.69, 9.17) is 5.11 Å². The molecule has 0 aromatic heterocycles. The number of aryl methyl sites for hydroxylation is 2. The predicted octanol–water partition coefficient (Wildman–Crippen LogP) is 4.12. The van der Waals surface area contributed by atoms with Crippen LogP contribution in [-0.4, -0.2) is 16.2 Å². The molecular weight excluding hydrogens is 264 g/mol. The summed E-state index contributed by atoms with van der Waals surface area (Å²) in [5.74, 6) is -0.885. The molecular formula is C18H18O3. The van der Waals surface area contributed by atoms with E-state index in [1.54, 1.807) is 12.1 Å². The lowest BCUT2D eigenvalue weighted by molar-refractivity contribution is 0.0696. The first-order valence-corrected chi connectivity index (χ1v) is 6.68. The molecule has 0 unspecified atom stereocenters. The minimum atomic E-state index is -0.923. The lowest BCUT2D eigenvalue weighted by atomic mass is 9.97. The van der Waals surface area contributed by atoms with Crippen LogP contribution in [0.2, 0.25) is 0 Å². The van der Waals surface area contributed by atoms with Crippen LogP contribution < -0.4 is 0 Å². The number of hydrogen-bond acceptors (Lipinski definition) is 2. The molecule has 0 saturated carbocycles. The average molecular weight is 282 g/mol. The van der Waals surface area contributed by atoms with E-state index in [0.29, 0.717) is 17.5 Å². The normalized spacial score (nSPS) is 10.4. The van der Waals surface area contributed by atoms with Crippen LogP contribution >= 0.6 is 0 Å². The van der Waals surface area contributed by atoms with E-state index in [1.165, 1.54) is 0 Å². The molecule has 3 heteroatoms. The Kier molecular flexibility index (Phi) is 4.13. The van der Waals surface area contributed by atoms with Gasteiger partial charge in [0.2, 0.25) is 0 Å². The maximum absolute atomic E-state index is 11.1. The Balaban J connectivity index is 2.38. The van der Waals surface area contributed by atoms with Gasteiger partial charge in [-0.3, -0.25) is 0 Å². The van der Waals surface area contributed by atoms with Crippen LogP contribution in [0, 0.1) is 13.8 Å². The Bertz CT molecular complexity index is 653. The van der Waals surface area contributed by atoms with Crippen LogP contribution in [0.3, 0.4) is 0 Å². The van der Waals surface area contributed by atoms with E-state index < -0.39 is 5.97 Å². The van der Waals surface area contributed by atoms with Crippen molar-refractivity contribution in [1.29, 1.82) is 0 Å².